The van der Waals surface area contributed by atoms with E-state index in [4.69, 9.17) is 4.74 Å². The molecule has 2 aromatic carbocycles. The molecular weight excluding hydrogens is 462 g/mol. The van der Waals surface area contributed by atoms with Crippen molar-refractivity contribution in [1.29, 1.82) is 0 Å². The van der Waals surface area contributed by atoms with Crippen LogP contribution in [0.2, 0.25) is 0 Å². The van der Waals surface area contributed by atoms with Crippen molar-refractivity contribution in [2.24, 2.45) is 0 Å². The third-order valence-corrected chi connectivity index (χ3v) is 7.40. The van der Waals surface area contributed by atoms with Crippen molar-refractivity contribution in [3.8, 4) is 0 Å². The van der Waals surface area contributed by atoms with Crippen LogP contribution in [-0.4, -0.2) is 23.9 Å². The fourth-order valence-corrected chi connectivity index (χ4v) is 5.03. The Morgan fingerprint density at radius 2 is 1.03 bits per heavy atom. The van der Waals surface area contributed by atoms with Crippen LogP contribution in [0.1, 0.15) is 82.3 Å². The molecule has 0 saturated heterocycles. The standard InChI is InChI=1S/C36H44NO/c1-3-4-5-6-7-8-9-10-11-18-27-37(2)34-25-23-30(24-26-34)33-28-35(31-19-14-12-15-20-31)38-36(29-33)32-21-16-13-17-22-32/h12-17,19-26,28-29H,3-11,18,27H2,1-2H3/q+1. The molecular formula is C36H44NO+. The first-order valence-corrected chi connectivity index (χ1v) is 14.6. The molecule has 38 heavy (non-hydrogen) atoms. The van der Waals surface area contributed by atoms with Crippen LogP contribution < -0.4 is 0 Å². The summed E-state index contributed by atoms with van der Waals surface area (Å²) in [6.45, 7) is 3.39. The highest BCUT2D eigenvalue weighted by Crippen LogP contribution is 2.34. The zero-order valence-electron chi connectivity index (χ0n) is 23.4. The fourth-order valence-electron chi connectivity index (χ4n) is 5.03. The Labute approximate surface area is 230 Å². The molecule has 2 aromatic rings. The molecule has 0 unspecified atom stereocenters. The maximum absolute atomic E-state index is 6.37. The highest BCUT2D eigenvalue weighted by atomic mass is 16.5. The lowest BCUT2D eigenvalue weighted by Gasteiger charge is -2.20. The Morgan fingerprint density at radius 1 is 0.553 bits per heavy atom. The van der Waals surface area contributed by atoms with Crippen molar-refractivity contribution in [3.63, 3.8) is 0 Å². The highest BCUT2D eigenvalue weighted by Gasteiger charge is 2.17. The molecule has 0 aromatic heterocycles. The van der Waals surface area contributed by atoms with E-state index in [2.05, 4.69) is 104 Å². The van der Waals surface area contributed by atoms with Crippen LogP contribution in [0.5, 0.6) is 0 Å². The number of benzene rings is 2. The molecule has 0 atom stereocenters. The molecule has 0 N–H and O–H groups in total. The third-order valence-electron chi connectivity index (χ3n) is 7.40. The Balaban J connectivity index is 1.37. The van der Waals surface area contributed by atoms with Crippen molar-refractivity contribution in [2.75, 3.05) is 13.6 Å². The number of unbranched alkanes of at least 4 members (excludes halogenated alkanes) is 9. The van der Waals surface area contributed by atoms with Crippen molar-refractivity contribution in [3.05, 3.63) is 119 Å². The van der Waals surface area contributed by atoms with Crippen molar-refractivity contribution < 1.29 is 9.31 Å². The molecule has 2 heteroatoms. The van der Waals surface area contributed by atoms with Gasteiger partial charge < -0.3 is 4.74 Å². The molecule has 2 nitrogen and oxygen atoms in total. The summed E-state index contributed by atoms with van der Waals surface area (Å²) in [6.07, 6.45) is 27.0. The molecule has 4 rings (SSSR count). The second-order valence-electron chi connectivity index (χ2n) is 10.5. The molecule has 1 aliphatic heterocycles. The van der Waals surface area contributed by atoms with Gasteiger partial charge in [-0.25, -0.2) is 4.58 Å². The van der Waals surface area contributed by atoms with Gasteiger partial charge in [0.1, 0.15) is 25.1 Å². The molecule has 1 heterocycles. The second kappa shape index (κ2) is 15.1. The minimum Gasteiger partial charge on any atom is -0.456 e. The van der Waals surface area contributed by atoms with Gasteiger partial charge in [-0.3, -0.25) is 0 Å². The summed E-state index contributed by atoms with van der Waals surface area (Å²) in [6, 6.07) is 20.7. The van der Waals surface area contributed by atoms with E-state index < -0.39 is 0 Å². The van der Waals surface area contributed by atoms with Crippen molar-refractivity contribution >= 4 is 17.2 Å². The SMILES string of the molecule is CCCCCCCCCCCC[N+](C)=C1C=CC(=C2C=C(c3ccccc3)OC(c3ccccc3)=C2)C=C1. The largest absolute Gasteiger partial charge is 0.456 e. The van der Waals surface area contributed by atoms with E-state index in [0.29, 0.717) is 0 Å². The lowest BCUT2D eigenvalue weighted by molar-refractivity contribution is -0.496. The highest BCUT2D eigenvalue weighted by molar-refractivity contribution is 6.02. The number of ether oxygens (including phenoxy) is 1. The Kier molecular flexibility index (Phi) is 11.0. The summed E-state index contributed by atoms with van der Waals surface area (Å²) >= 11 is 0. The third kappa shape index (κ3) is 8.31. The smallest absolute Gasteiger partial charge is 0.199 e. The Hall–Kier alpha value is -3.39. The van der Waals surface area contributed by atoms with E-state index in [0.717, 1.165) is 34.8 Å². The van der Waals surface area contributed by atoms with E-state index in [9.17, 15) is 0 Å². The Morgan fingerprint density at radius 3 is 1.53 bits per heavy atom. The summed E-state index contributed by atoms with van der Waals surface area (Å²) in [4.78, 5) is 0. The van der Waals surface area contributed by atoms with Gasteiger partial charge in [-0.1, -0.05) is 119 Å². The van der Waals surface area contributed by atoms with Crippen LogP contribution in [0.3, 0.4) is 0 Å². The average Bonchev–Trinajstić information content (AvgIpc) is 2.99. The lowest BCUT2D eigenvalue weighted by Crippen LogP contribution is -2.16. The molecule has 2 aliphatic rings. The van der Waals surface area contributed by atoms with Crippen LogP contribution in [-0.2, 0) is 4.74 Å². The first-order valence-electron chi connectivity index (χ1n) is 14.6. The predicted octanol–water partition coefficient (Wildman–Crippen LogP) is 9.53. The maximum Gasteiger partial charge on any atom is 0.199 e. The summed E-state index contributed by atoms with van der Waals surface area (Å²) in [5, 5.41) is 0. The first kappa shape index (κ1) is 27.6. The zero-order chi connectivity index (χ0) is 26.4. The summed E-state index contributed by atoms with van der Waals surface area (Å²) in [5.74, 6) is 1.76. The molecule has 1 aliphatic carbocycles. The minimum absolute atomic E-state index is 0.879. The quantitative estimate of drug-likeness (QED) is 0.195. The van der Waals surface area contributed by atoms with Crippen molar-refractivity contribution in [1.82, 2.24) is 0 Å². The number of hydrogen-bond acceptors (Lipinski definition) is 1. The summed E-state index contributed by atoms with van der Waals surface area (Å²) in [5.41, 5.74) is 5.81. The van der Waals surface area contributed by atoms with Gasteiger partial charge in [0.05, 0.1) is 0 Å². The van der Waals surface area contributed by atoms with Crippen molar-refractivity contribution in [2.45, 2.75) is 71.1 Å². The maximum atomic E-state index is 6.37. The molecule has 0 fully saturated rings. The zero-order valence-corrected chi connectivity index (χ0v) is 23.4. The molecule has 0 saturated carbocycles. The van der Waals surface area contributed by atoms with Gasteiger partial charge in [-0.05, 0) is 41.9 Å². The fraction of sp³-hybridized carbons (Fsp3) is 0.361. The van der Waals surface area contributed by atoms with Gasteiger partial charge in [0.25, 0.3) is 0 Å². The molecule has 198 valence electrons. The van der Waals surface area contributed by atoms with Gasteiger partial charge in [-0.2, -0.15) is 0 Å². The predicted molar refractivity (Wildman–Crippen MR) is 163 cm³/mol. The molecule has 0 amide bonds. The average molecular weight is 507 g/mol. The lowest BCUT2D eigenvalue weighted by atomic mass is 9.97. The van der Waals surface area contributed by atoms with Crippen LogP contribution in [0.4, 0.5) is 0 Å². The van der Waals surface area contributed by atoms with Gasteiger partial charge in [0.15, 0.2) is 5.71 Å². The van der Waals surface area contributed by atoms with Crippen LogP contribution >= 0.6 is 0 Å². The number of allylic oxidation sites excluding steroid dienone is 8. The first-order chi connectivity index (χ1) is 18.7. The molecule has 0 bridgehead atoms. The van der Waals surface area contributed by atoms with Gasteiger partial charge in [0.2, 0.25) is 0 Å². The van der Waals surface area contributed by atoms with E-state index in [1.54, 1.807) is 0 Å². The monoisotopic (exact) mass is 506 g/mol. The number of hydrogen-bond donors (Lipinski definition) is 0. The molecule has 0 spiro atoms. The van der Waals surface area contributed by atoms with Gasteiger partial charge in [0, 0.05) is 29.7 Å². The normalized spacial score (nSPS) is 14.8. The second-order valence-corrected chi connectivity index (χ2v) is 10.5. The van der Waals surface area contributed by atoms with E-state index in [-0.39, 0.29) is 0 Å². The van der Waals surface area contributed by atoms with Crippen LogP contribution in [0.15, 0.2) is 108 Å². The molecule has 0 radical (unpaired) electrons. The van der Waals surface area contributed by atoms with Crippen LogP contribution in [0.25, 0.3) is 11.5 Å². The van der Waals surface area contributed by atoms with Gasteiger partial charge in [-0.15, -0.1) is 0 Å². The number of rotatable bonds is 13. The Bertz CT molecular complexity index is 1130. The minimum atomic E-state index is 0.879. The topological polar surface area (TPSA) is 12.2 Å². The number of nitrogens with zero attached hydrogens (tertiary/aromatic N) is 1. The summed E-state index contributed by atoms with van der Waals surface area (Å²) < 4.78 is 8.76. The van der Waals surface area contributed by atoms with E-state index >= 15 is 0 Å². The van der Waals surface area contributed by atoms with E-state index in [1.807, 2.05) is 12.1 Å². The van der Waals surface area contributed by atoms with Gasteiger partial charge >= 0.3 is 0 Å². The van der Waals surface area contributed by atoms with E-state index in [1.165, 1.54) is 75.5 Å². The summed E-state index contributed by atoms with van der Waals surface area (Å²) in [7, 11) is 2.21. The van der Waals surface area contributed by atoms with Crippen LogP contribution in [0, 0.1) is 0 Å².